The van der Waals surface area contributed by atoms with Crippen LogP contribution in [0.3, 0.4) is 0 Å². The first-order valence-corrected chi connectivity index (χ1v) is 5.37. The Morgan fingerprint density at radius 2 is 1.69 bits per heavy atom. The van der Waals surface area contributed by atoms with Crippen molar-refractivity contribution in [2.45, 2.75) is 20.3 Å². The van der Waals surface area contributed by atoms with Crippen LogP contribution in [0.4, 0.5) is 8.78 Å². The van der Waals surface area contributed by atoms with Gasteiger partial charge in [0.05, 0.1) is 6.61 Å². The molecular formula is C12H16F2O2. The van der Waals surface area contributed by atoms with Gasteiger partial charge in [-0.2, -0.15) is 0 Å². The SMILES string of the molecule is CCOCCOc1c(F)cc(CC)cc1F. The largest absolute Gasteiger partial charge is 0.485 e. The molecule has 0 aliphatic rings. The van der Waals surface area contributed by atoms with Crippen LogP contribution in [0.25, 0.3) is 0 Å². The van der Waals surface area contributed by atoms with E-state index in [-0.39, 0.29) is 12.4 Å². The van der Waals surface area contributed by atoms with Crippen molar-refractivity contribution in [2.24, 2.45) is 0 Å². The van der Waals surface area contributed by atoms with Crippen LogP contribution >= 0.6 is 0 Å². The highest BCUT2D eigenvalue weighted by Gasteiger charge is 2.11. The predicted octanol–water partition coefficient (Wildman–Crippen LogP) is 2.94. The summed E-state index contributed by atoms with van der Waals surface area (Å²) in [4.78, 5) is 0. The highest BCUT2D eigenvalue weighted by Crippen LogP contribution is 2.23. The molecule has 0 fully saturated rings. The van der Waals surface area contributed by atoms with Crippen LogP contribution in [0.2, 0.25) is 0 Å². The zero-order chi connectivity index (χ0) is 12.0. The van der Waals surface area contributed by atoms with Crippen molar-refractivity contribution < 1.29 is 18.3 Å². The van der Waals surface area contributed by atoms with E-state index in [4.69, 9.17) is 9.47 Å². The maximum atomic E-state index is 13.4. The highest BCUT2D eigenvalue weighted by atomic mass is 19.1. The molecule has 0 aromatic heterocycles. The van der Waals surface area contributed by atoms with Crippen LogP contribution in [0.5, 0.6) is 5.75 Å². The lowest BCUT2D eigenvalue weighted by Gasteiger charge is -2.09. The van der Waals surface area contributed by atoms with Crippen molar-refractivity contribution in [2.75, 3.05) is 19.8 Å². The summed E-state index contributed by atoms with van der Waals surface area (Å²) in [5, 5.41) is 0. The standard InChI is InChI=1S/C12H16F2O2/c1-3-9-7-10(13)12(11(14)8-9)16-6-5-15-4-2/h7-8H,3-6H2,1-2H3. The number of halogens is 2. The van der Waals surface area contributed by atoms with E-state index < -0.39 is 11.6 Å². The van der Waals surface area contributed by atoms with E-state index in [2.05, 4.69) is 0 Å². The molecule has 90 valence electrons. The summed E-state index contributed by atoms with van der Waals surface area (Å²) < 4.78 is 36.8. The molecule has 0 saturated carbocycles. The minimum absolute atomic E-state index is 0.146. The topological polar surface area (TPSA) is 18.5 Å². The molecule has 0 spiro atoms. The fraction of sp³-hybridized carbons (Fsp3) is 0.500. The lowest BCUT2D eigenvalue weighted by Crippen LogP contribution is -2.08. The molecule has 4 heteroatoms. The molecule has 0 atom stereocenters. The normalized spacial score (nSPS) is 10.5. The van der Waals surface area contributed by atoms with Gasteiger partial charge in [-0.3, -0.25) is 0 Å². The molecule has 0 bridgehead atoms. The molecule has 1 aromatic rings. The van der Waals surface area contributed by atoms with Gasteiger partial charge in [-0.1, -0.05) is 6.92 Å². The van der Waals surface area contributed by atoms with Crippen LogP contribution in [0.15, 0.2) is 12.1 Å². The molecule has 16 heavy (non-hydrogen) atoms. The molecule has 0 saturated heterocycles. The lowest BCUT2D eigenvalue weighted by molar-refractivity contribution is 0.107. The van der Waals surface area contributed by atoms with E-state index >= 15 is 0 Å². The maximum absolute atomic E-state index is 13.4. The van der Waals surface area contributed by atoms with Crippen molar-refractivity contribution >= 4 is 0 Å². The third kappa shape index (κ3) is 3.45. The number of aryl methyl sites for hydroxylation is 1. The van der Waals surface area contributed by atoms with Crippen LogP contribution in [-0.2, 0) is 11.2 Å². The van der Waals surface area contributed by atoms with E-state index in [9.17, 15) is 8.78 Å². The molecule has 0 radical (unpaired) electrons. The molecule has 2 nitrogen and oxygen atoms in total. The molecule has 0 unspecified atom stereocenters. The van der Waals surface area contributed by atoms with Gasteiger partial charge < -0.3 is 9.47 Å². The minimum Gasteiger partial charge on any atom is -0.485 e. The van der Waals surface area contributed by atoms with E-state index in [0.29, 0.717) is 25.2 Å². The fourth-order valence-electron chi connectivity index (χ4n) is 1.30. The third-order valence-corrected chi connectivity index (χ3v) is 2.14. The van der Waals surface area contributed by atoms with Gasteiger partial charge >= 0.3 is 0 Å². The van der Waals surface area contributed by atoms with Crippen molar-refractivity contribution in [1.29, 1.82) is 0 Å². The first-order chi connectivity index (χ1) is 7.69. The molecule has 0 aliphatic carbocycles. The second kappa shape index (κ2) is 6.43. The van der Waals surface area contributed by atoms with E-state index in [1.807, 2.05) is 13.8 Å². The number of ether oxygens (including phenoxy) is 2. The van der Waals surface area contributed by atoms with Gasteiger partial charge in [0.15, 0.2) is 17.4 Å². The summed E-state index contributed by atoms with van der Waals surface area (Å²) in [6.07, 6.45) is 0.590. The fourth-order valence-corrected chi connectivity index (χ4v) is 1.30. The van der Waals surface area contributed by atoms with Crippen molar-refractivity contribution in [3.05, 3.63) is 29.3 Å². The van der Waals surface area contributed by atoms with Crippen LogP contribution in [0, 0.1) is 11.6 Å². The van der Waals surface area contributed by atoms with Gasteiger partial charge in [0.2, 0.25) is 0 Å². The van der Waals surface area contributed by atoms with Crippen molar-refractivity contribution in [1.82, 2.24) is 0 Å². The molecular weight excluding hydrogens is 214 g/mol. The molecule has 0 heterocycles. The average molecular weight is 230 g/mol. The Labute approximate surface area is 94.2 Å². The Kier molecular flexibility index (Phi) is 5.19. The zero-order valence-electron chi connectivity index (χ0n) is 9.56. The second-order valence-corrected chi connectivity index (χ2v) is 3.29. The molecule has 0 amide bonds. The number of rotatable bonds is 6. The lowest BCUT2D eigenvalue weighted by atomic mass is 10.1. The Balaban J connectivity index is 2.65. The number of hydrogen-bond donors (Lipinski definition) is 0. The van der Waals surface area contributed by atoms with Gasteiger partial charge in [-0.05, 0) is 31.0 Å². The molecule has 1 rings (SSSR count). The Hall–Kier alpha value is -1.16. The summed E-state index contributed by atoms with van der Waals surface area (Å²) in [5.74, 6) is -1.64. The summed E-state index contributed by atoms with van der Waals surface area (Å²) in [6, 6.07) is 2.58. The summed E-state index contributed by atoms with van der Waals surface area (Å²) >= 11 is 0. The van der Waals surface area contributed by atoms with Crippen LogP contribution in [-0.4, -0.2) is 19.8 Å². The first kappa shape index (κ1) is 12.9. The Morgan fingerprint density at radius 3 is 2.19 bits per heavy atom. The van der Waals surface area contributed by atoms with E-state index in [1.165, 1.54) is 12.1 Å². The summed E-state index contributed by atoms with van der Waals surface area (Å²) in [5.41, 5.74) is 0.618. The molecule has 0 N–H and O–H groups in total. The molecule has 1 aromatic carbocycles. The van der Waals surface area contributed by atoms with Gasteiger partial charge in [-0.25, -0.2) is 8.78 Å². The molecule has 0 aliphatic heterocycles. The van der Waals surface area contributed by atoms with Crippen LogP contribution in [0.1, 0.15) is 19.4 Å². The van der Waals surface area contributed by atoms with Gasteiger partial charge in [-0.15, -0.1) is 0 Å². The highest BCUT2D eigenvalue weighted by molar-refractivity contribution is 5.31. The predicted molar refractivity (Wildman–Crippen MR) is 57.7 cm³/mol. The van der Waals surface area contributed by atoms with E-state index in [1.54, 1.807) is 0 Å². The van der Waals surface area contributed by atoms with Gasteiger partial charge in [0.1, 0.15) is 6.61 Å². The minimum atomic E-state index is -0.659. The maximum Gasteiger partial charge on any atom is 0.190 e. The average Bonchev–Trinajstić information content (AvgIpc) is 2.26. The zero-order valence-corrected chi connectivity index (χ0v) is 9.56. The number of benzene rings is 1. The monoisotopic (exact) mass is 230 g/mol. The first-order valence-electron chi connectivity index (χ1n) is 5.37. The Bertz CT molecular complexity index is 317. The number of hydrogen-bond acceptors (Lipinski definition) is 2. The second-order valence-electron chi connectivity index (χ2n) is 3.29. The quantitative estimate of drug-likeness (QED) is 0.699. The van der Waals surface area contributed by atoms with Crippen molar-refractivity contribution in [3.63, 3.8) is 0 Å². The van der Waals surface area contributed by atoms with Crippen molar-refractivity contribution in [3.8, 4) is 5.75 Å². The van der Waals surface area contributed by atoms with Gasteiger partial charge in [0.25, 0.3) is 0 Å². The third-order valence-electron chi connectivity index (χ3n) is 2.14. The summed E-state index contributed by atoms with van der Waals surface area (Å²) in [7, 11) is 0. The summed E-state index contributed by atoms with van der Waals surface area (Å²) in [6.45, 7) is 4.71. The van der Waals surface area contributed by atoms with Gasteiger partial charge in [0, 0.05) is 6.61 Å². The van der Waals surface area contributed by atoms with E-state index in [0.717, 1.165) is 0 Å². The smallest absolute Gasteiger partial charge is 0.190 e. The Morgan fingerprint density at radius 1 is 1.06 bits per heavy atom. The van der Waals surface area contributed by atoms with Crippen LogP contribution < -0.4 is 4.74 Å².